The summed E-state index contributed by atoms with van der Waals surface area (Å²) in [6.45, 7) is 3.11. The van der Waals surface area contributed by atoms with Gasteiger partial charge in [0.2, 0.25) is 5.95 Å². The number of nitrogens with one attached hydrogen (secondary N) is 2. The molecule has 0 bridgehead atoms. The molecule has 0 unspecified atom stereocenters. The number of ether oxygens (including phenoxy) is 1. The van der Waals surface area contributed by atoms with Gasteiger partial charge >= 0.3 is 0 Å². The third kappa shape index (κ3) is 2.87. The predicted octanol–water partition coefficient (Wildman–Crippen LogP) is 1.92. The first kappa shape index (κ1) is 14.4. The second-order valence-corrected chi connectivity index (χ2v) is 6.03. The number of hydrogen-bond acceptors (Lipinski definition) is 6. The largest absolute Gasteiger partial charge is 0.381 e. The third-order valence-corrected chi connectivity index (χ3v) is 4.51. The van der Waals surface area contributed by atoms with Crippen LogP contribution in [0.15, 0.2) is 24.3 Å². The average molecular weight is 311 g/mol. The number of aromatic nitrogens is 2. The van der Waals surface area contributed by atoms with Crippen LogP contribution in [0.1, 0.15) is 24.1 Å². The van der Waals surface area contributed by atoms with Crippen molar-refractivity contribution in [2.24, 2.45) is 0 Å². The van der Waals surface area contributed by atoms with Crippen LogP contribution in [0.2, 0.25) is 0 Å². The molecule has 2 aliphatic heterocycles. The van der Waals surface area contributed by atoms with E-state index in [2.05, 4.69) is 44.9 Å². The maximum atomic E-state index is 5.90. The van der Waals surface area contributed by atoms with Crippen LogP contribution < -0.4 is 16.4 Å². The molecule has 1 fully saturated rings. The monoisotopic (exact) mass is 311 g/mol. The number of anilines is 2. The van der Waals surface area contributed by atoms with E-state index in [4.69, 9.17) is 10.5 Å². The Kier molecular flexibility index (Phi) is 3.85. The van der Waals surface area contributed by atoms with Crippen molar-refractivity contribution in [3.8, 4) is 11.1 Å². The van der Waals surface area contributed by atoms with E-state index in [0.29, 0.717) is 18.5 Å². The Bertz CT molecular complexity index is 712. The van der Waals surface area contributed by atoms with E-state index in [1.807, 2.05) is 0 Å². The lowest BCUT2D eigenvalue weighted by atomic mass is 9.95. The van der Waals surface area contributed by atoms with Crippen molar-refractivity contribution >= 4 is 11.8 Å². The topological polar surface area (TPSA) is 85.1 Å². The lowest BCUT2D eigenvalue weighted by molar-refractivity contribution is 0.0775. The van der Waals surface area contributed by atoms with Crippen LogP contribution in [0.4, 0.5) is 11.8 Å². The van der Waals surface area contributed by atoms with Gasteiger partial charge in [-0.25, -0.2) is 4.98 Å². The van der Waals surface area contributed by atoms with Crippen molar-refractivity contribution in [1.82, 2.24) is 15.3 Å². The van der Waals surface area contributed by atoms with Crippen molar-refractivity contribution in [3.05, 3.63) is 35.5 Å². The number of rotatable bonds is 3. The molecule has 2 aromatic rings. The summed E-state index contributed by atoms with van der Waals surface area (Å²) in [6.07, 6.45) is 2.08. The lowest BCUT2D eigenvalue weighted by Crippen LogP contribution is -2.34. The van der Waals surface area contributed by atoms with E-state index >= 15 is 0 Å². The zero-order chi connectivity index (χ0) is 15.6. The van der Waals surface area contributed by atoms with Crippen molar-refractivity contribution in [2.75, 3.05) is 24.3 Å². The van der Waals surface area contributed by atoms with Crippen LogP contribution in [0.3, 0.4) is 0 Å². The Balaban J connectivity index is 1.66. The number of nitrogens with zero attached hydrogens (tertiary/aromatic N) is 2. The Labute approximate surface area is 135 Å². The standard InChI is InChI=1S/C17H21N5O/c18-17-21-14(10-19-12-5-7-23-8-6-12)15-13-4-2-1-3-11(13)9-20-16(15)22-17/h1-4,12,19H,5-10H2,(H3,18,20,21,22). The number of nitrogens with two attached hydrogens (primary N) is 1. The van der Waals surface area contributed by atoms with E-state index in [1.165, 1.54) is 11.1 Å². The third-order valence-electron chi connectivity index (χ3n) is 4.51. The molecule has 4 N–H and O–H groups in total. The van der Waals surface area contributed by atoms with Gasteiger partial charge in [0.25, 0.3) is 0 Å². The van der Waals surface area contributed by atoms with E-state index in [1.54, 1.807) is 0 Å². The van der Waals surface area contributed by atoms with Gasteiger partial charge in [-0.2, -0.15) is 4.98 Å². The molecule has 1 aromatic carbocycles. The highest BCUT2D eigenvalue weighted by molar-refractivity contribution is 5.82. The zero-order valence-electron chi connectivity index (χ0n) is 13.0. The highest BCUT2D eigenvalue weighted by atomic mass is 16.5. The quantitative estimate of drug-likeness (QED) is 0.803. The van der Waals surface area contributed by atoms with Gasteiger partial charge in [0, 0.05) is 37.9 Å². The molecular formula is C17H21N5O. The summed E-state index contributed by atoms with van der Waals surface area (Å²) in [4.78, 5) is 8.88. The molecule has 6 nitrogen and oxygen atoms in total. The van der Waals surface area contributed by atoms with Crippen molar-refractivity contribution in [2.45, 2.75) is 32.0 Å². The second-order valence-electron chi connectivity index (χ2n) is 6.03. The number of hydrogen-bond donors (Lipinski definition) is 3. The first-order chi connectivity index (χ1) is 11.3. The van der Waals surface area contributed by atoms with E-state index in [9.17, 15) is 0 Å². The van der Waals surface area contributed by atoms with Gasteiger partial charge in [-0.1, -0.05) is 24.3 Å². The second kappa shape index (κ2) is 6.14. The van der Waals surface area contributed by atoms with Gasteiger partial charge in [0.1, 0.15) is 5.82 Å². The summed E-state index contributed by atoms with van der Waals surface area (Å²) in [6, 6.07) is 8.86. The first-order valence-electron chi connectivity index (χ1n) is 8.11. The first-order valence-corrected chi connectivity index (χ1v) is 8.11. The highest BCUT2D eigenvalue weighted by Crippen LogP contribution is 2.36. The van der Waals surface area contributed by atoms with Crippen LogP contribution >= 0.6 is 0 Å². The van der Waals surface area contributed by atoms with Crippen LogP contribution in [0, 0.1) is 0 Å². The minimum atomic E-state index is 0.319. The molecule has 3 heterocycles. The SMILES string of the molecule is Nc1nc(CNC2CCOCC2)c2c(n1)NCc1ccccc1-2. The van der Waals surface area contributed by atoms with E-state index < -0.39 is 0 Å². The summed E-state index contributed by atoms with van der Waals surface area (Å²) in [5.41, 5.74) is 10.4. The summed E-state index contributed by atoms with van der Waals surface area (Å²) >= 11 is 0. The van der Waals surface area contributed by atoms with Gasteiger partial charge in [-0.15, -0.1) is 0 Å². The molecule has 0 radical (unpaired) electrons. The Morgan fingerprint density at radius 1 is 1.22 bits per heavy atom. The molecule has 0 spiro atoms. The van der Waals surface area contributed by atoms with Crippen LogP contribution in [0.25, 0.3) is 11.1 Å². The van der Waals surface area contributed by atoms with Gasteiger partial charge in [0.15, 0.2) is 0 Å². The van der Waals surface area contributed by atoms with E-state index in [0.717, 1.165) is 49.7 Å². The number of fused-ring (bicyclic) bond motifs is 3. The summed E-state index contributed by atoms with van der Waals surface area (Å²) in [7, 11) is 0. The molecule has 0 aliphatic carbocycles. The molecule has 2 aliphatic rings. The van der Waals surface area contributed by atoms with Gasteiger partial charge in [-0.3, -0.25) is 0 Å². The molecule has 120 valence electrons. The van der Waals surface area contributed by atoms with Gasteiger partial charge < -0.3 is 21.1 Å². The van der Waals surface area contributed by atoms with Gasteiger partial charge in [0.05, 0.1) is 5.69 Å². The van der Waals surface area contributed by atoms with Crippen molar-refractivity contribution in [3.63, 3.8) is 0 Å². The predicted molar refractivity (Wildman–Crippen MR) is 89.9 cm³/mol. The highest BCUT2D eigenvalue weighted by Gasteiger charge is 2.22. The molecule has 0 saturated carbocycles. The molecule has 1 saturated heterocycles. The molecule has 0 atom stereocenters. The Hall–Kier alpha value is -2.18. The fourth-order valence-electron chi connectivity index (χ4n) is 3.31. The van der Waals surface area contributed by atoms with Crippen LogP contribution in [-0.4, -0.2) is 29.2 Å². The molecule has 6 heteroatoms. The fraction of sp³-hybridized carbons (Fsp3) is 0.412. The smallest absolute Gasteiger partial charge is 0.222 e. The zero-order valence-corrected chi connectivity index (χ0v) is 13.0. The molecule has 23 heavy (non-hydrogen) atoms. The molecule has 4 rings (SSSR count). The Morgan fingerprint density at radius 3 is 2.91 bits per heavy atom. The Morgan fingerprint density at radius 2 is 2.04 bits per heavy atom. The minimum Gasteiger partial charge on any atom is -0.381 e. The molecular weight excluding hydrogens is 290 g/mol. The van der Waals surface area contributed by atoms with Crippen molar-refractivity contribution < 1.29 is 4.74 Å². The van der Waals surface area contributed by atoms with Crippen molar-refractivity contribution in [1.29, 1.82) is 0 Å². The summed E-state index contributed by atoms with van der Waals surface area (Å²) in [5, 5.41) is 6.95. The normalized spacial score (nSPS) is 17.2. The molecule has 0 amide bonds. The van der Waals surface area contributed by atoms with E-state index in [-0.39, 0.29) is 0 Å². The fourth-order valence-corrected chi connectivity index (χ4v) is 3.31. The minimum absolute atomic E-state index is 0.319. The number of benzene rings is 1. The van der Waals surface area contributed by atoms with Crippen LogP contribution in [0.5, 0.6) is 0 Å². The van der Waals surface area contributed by atoms with Crippen LogP contribution in [-0.2, 0) is 17.8 Å². The summed E-state index contributed by atoms with van der Waals surface area (Å²) < 4.78 is 5.41. The number of nitrogen functional groups attached to an aromatic ring is 1. The average Bonchev–Trinajstić information content (AvgIpc) is 2.60. The maximum absolute atomic E-state index is 5.90. The van der Waals surface area contributed by atoms with Gasteiger partial charge in [-0.05, 0) is 24.0 Å². The maximum Gasteiger partial charge on any atom is 0.222 e. The summed E-state index contributed by atoms with van der Waals surface area (Å²) in [5.74, 6) is 1.15. The molecule has 1 aromatic heterocycles. The lowest BCUT2D eigenvalue weighted by Gasteiger charge is -2.26.